The summed E-state index contributed by atoms with van der Waals surface area (Å²) in [4.78, 5) is 0. The summed E-state index contributed by atoms with van der Waals surface area (Å²) >= 11 is 0. The SMILES string of the molecule is OCC(CO)(CO)COC(CCCCCCCCCCCCC(c1ccccc1)(c1ccccc1)c1ccccc1)c1ccccc1. The van der Waals surface area contributed by atoms with Crippen molar-refractivity contribution in [2.75, 3.05) is 26.4 Å². The molecule has 252 valence electrons. The largest absolute Gasteiger partial charge is 0.396 e. The maximum Gasteiger partial charge on any atom is 0.0825 e. The van der Waals surface area contributed by atoms with Crippen LogP contribution in [0, 0.1) is 5.41 Å². The van der Waals surface area contributed by atoms with Gasteiger partial charge in [0, 0.05) is 5.41 Å². The van der Waals surface area contributed by atoms with E-state index in [4.69, 9.17) is 4.74 Å². The van der Waals surface area contributed by atoms with Crippen LogP contribution in [0.4, 0.5) is 0 Å². The van der Waals surface area contributed by atoms with Gasteiger partial charge in [-0.1, -0.05) is 186 Å². The van der Waals surface area contributed by atoms with Gasteiger partial charge in [-0.2, -0.15) is 0 Å². The fraction of sp³-hybridized carbons (Fsp3) is 0.442. The molecule has 4 heteroatoms. The summed E-state index contributed by atoms with van der Waals surface area (Å²) < 4.78 is 6.17. The van der Waals surface area contributed by atoms with Crippen LogP contribution in [-0.4, -0.2) is 41.7 Å². The predicted molar refractivity (Wildman–Crippen MR) is 193 cm³/mol. The molecule has 0 saturated carbocycles. The number of ether oxygens (including phenoxy) is 1. The molecule has 0 saturated heterocycles. The Morgan fingerprint density at radius 1 is 0.447 bits per heavy atom. The van der Waals surface area contributed by atoms with Crippen LogP contribution in [-0.2, 0) is 10.2 Å². The van der Waals surface area contributed by atoms with Crippen molar-refractivity contribution in [2.45, 2.75) is 88.6 Å². The summed E-state index contributed by atoms with van der Waals surface area (Å²) in [6.07, 6.45) is 14.2. The van der Waals surface area contributed by atoms with Gasteiger partial charge in [-0.15, -0.1) is 0 Å². The first kappa shape index (κ1) is 36.6. The molecule has 0 amide bonds. The third kappa shape index (κ3) is 10.6. The Bertz CT molecular complexity index is 1240. The van der Waals surface area contributed by atoms with Crippen LogP contribution in [0.15, 0.2) is 121 Å². The van der Waals surface area contributed by atoms with E-state index >= 15 is 0 Å². The number of hydrogen-bond donors (Lipinski definition) is 3. The first-order valence-corrected chi connectivity index (χ1v) is 17.8. The molecule has 47 heavy (non-hydrogen) atoms. The maximum atomic E-state index is 9.70. The molecule has 0 bridgehead atoms. The smallest absolute Gasteiger partial charge is 0.0825 e. The number of hydrogen-bond acceptors (Lipinski definition) is 4. The molecule has 3 N–H and O–H groups in total. The van der Waals surface area contributed by atoms with Crippen LogP contribution in [0.3, 0.4) is 0 Å². The van der Waals surface area contributed by atoms with Crippen LogP contribution in [0.2, 0.25) is 0 Å². The van der Waals surface area contributed by atoms with Crippen molar-refractivity contribution in [3.05, 3.63) is 144 Å². The van der Waals surface area contributed by atoms with Crippen molar-refractivity contribution < 1.29 is 20.1 Å². The average molecular weight is 637 g/mol. The van der Waals surface area contributed by atoms with Gasteiger partial charge in [0.2, 0.25) is 0 Å². The molecule has 4 aromatic rings. The van der Waals surface area contributed by atoms with Crippen molar-refractivity contribution in [3.63, 3.8) is 0 Å². The van der Waals surface area contributed by atoms with Gasteiger partial charge in [0.1, 0.15) is 0 Å². The van der Waals surface area contributed by atoms with Gasteiger partial charge >= 0.3 is 0 Å². The lowest BCUT2D eigenvalue weighted by molar-refractivity contribution is -0.0830. The zero-order chi connectivity index (χ0) is 33.0. The maximum absolute atomic E-state index is 9.70. The monoisotopic (exact) mass is 636 g/mol. The first-order valence-electron chi connectivity index (χ1n) is 17.8. The second-order valence-corrected chi connectivity index (χ2v) is 13.3. The minimum atomic E-state index is -1.01. The molecular weight excluding hydrogens is 580 g/mol. The first-order chi connectivity index (χ1) is 23.2. The predicted octanol–water partition coefficient (Wildman–Crippen LogP) is 9.42. The van der Waals surface area contributed by atoms with Gasteiger partial charge < -0.3 is 20.1 Å². The molecular formula is C43H56O4. The minimum absolute atomic E-state index is 0.107. The van der Waals surface area contributed by atoms with Gasteiger partial charge in [0.25, 0.3) is 0 Å². The summed E-state index contributed by atoms with van der Waals surface area (Å²) in [6.45, 7) is -0.798. The number of benzene rings is 4. The average Bonchev–Trinajstić information content (AvgIpc) is 3.15. The third-order valence-corrected chi connectivity index (χ3v) is 9.84. The lowest BCUT2D eigenvalue weighted by Crippen LogP contribution is -2.39. The van der Waals surface area contributed by atoms with E-state index < -0.39 is 5.41 Å². The molecule has 1 atom stereocenters. The lowest BCUT2D eigenvalue weighted by Gasteiger charge is -2.36. The van der Waals surface area contributed by atoms with E-state index in [0.29, 0.717) is 0 Å². The van der Waals surface area contributed by atoms with Gasteiger partial charge in [-0.3, -0.25) is 0 Å². The zero-order valence-corrected chi connectivity index (χ0v) is 28.2. The van der Waals surface area contributed by atoms with Crippen molar-refractivity contribution in [1.82, 2.24) is 0 Å². The second-order valence-electron chi connectivity index (χ2n) is 13.3. The van der Waals surface area contributed by atoms with Crippen molar-refractivity contribution in [3.8, 4) is 0 Å². The molecule has 1 unspecified atom stereocenters. The van der Waals surface area contributed by atoms with Gasteiger partial charge in [-0.05, 0) is 35.1 Å². The van der Waals surface area contributed by atoms with E-state index in [-0.39, 0.29) is 37.9 Å². The van der Waals surface area contributed by atoms with Crippen LogP contribution >= 0.6 is 0 Å². The summed E-state index contributed by atoms with van der Waals surface area (Å²) in [6, 6.07) is 43.3. The van der Waals surface area contributed by atoms with Crippen LogP contribution in [0.25, 0.3) is 0 Å². The Morgan fingerprint density at radius 2 is 0.809 bits per heavy atom. The van der Waals surface area contributed by atoms with Crippen molar-refractivity contribution in [1.29, 1.82) is 0 Å². The molecule has 0 fully saturated rings. The van der Waals surface area contributed by atoms with Crippen molar-refractivity contribution in [2.24, 2.45) is 5.41 Å². The normalized spacial score (nSPS) is 12.7. The van der Waals surface area contributed by atoms with Gasteiger partial charge in [0.05, 0.1) is 37.9 Å². The molecule has 0 aliphatic heterocycles. The molecule has 0 aliphatic carbocycles. The summed E-state index contributed by atoms with van der Waals surface area (Å²) in [5.41, 5.74) is 4.05. The summed E-state index contributed by atoms with van der Waals surface area (Å²) in [7, 11) is 0. The fourth-order valence-electron chi connectivity index (χ4n) is 6.81. The number of unbranched alkanes of at least 4 members (excludes halogenated alkanes) is 9. The highest BCUT2D eigenvalue weighted by atomic mass is 16.5. The molecule has 4 rings (SSSR count). The number of aliphatic hydroxyl groups is 3. The van der Waals surface area contributed by atoms with E-state index in [2.05, 4.69) is 103 Å². The second kappa shape index (κ2) is 20.2. The minimum Gasteiger partial charge on any atom is -0.396 e. The highest BCUT2D eigenvalue weighted by Gasteiger charge is 2.35. The standard InChI is InChI=1S/C43H56O4/c44-33-42(34-45,35-46)36-47-41(37-23-13-9-14-24-37)31-21-7-5-3-1-2-4-6-8-22-32-43(38-25-15-10-16-26-38,39-27-17-11-18-28-39)40-29-19-12-20-30-40/h9-20,23-30,41,44-46H,1-8,21-22,31-36H2. The highest BCUT2D eigenvalue weighted by Crippen LogP contribution is 2.43. The summed E-state index contributed by atoms with van der Waals surface area (Å²) in [5.74, 6) is 0. The molecule has 0 radical (unpaired) electrons. The Hall–Kier alpha value is -3.28. The zero-order valence-electron chi connectivity index (χ0n) is 28.2. The Morgan fingerprint density at radius 3 is 1.21 bits per heavy atom. The fourth-order valence-corrected chi connectivity index (χ4v) is 6.81. The molecule has 0 aliphatic rings. The van der Waals surface area contributed by atoms with E-state index in [9.17, 15) is 15.3 Å². The van der Waals surface area contributed by atoms with E-state index in [1.54, 1.807) is 0 Å². The van der Waals surface area contributed by atoms with E-state index in [1.165, 1.54) is 74.5 Å². The molecule has 0 spiro atoms. The van der Waals surface area contributed by atoms with Crippen molar-refractivity contribution >= 4 is 0 Å². The molecule has 4 aromatic carbocycles. The van der Waals surface area contributed by atoms with Crippen LogP contribution < -0.4 is 0 Å². The Labute approximate surface area is 283 Å². The number of aliphatic hydroxyl groups excluding tert-OH is 3. The van der Waals surface area contributed by atoms with E-state index in [1.807, 2.05) is 18.2 Å². The van der Waals surface area contributed by atoms with Crippen LogP contribution in [0.5, 0.6) is 0 Å². The third-order valence-electron chi connectivity index (χ3n) is 9.84. The van der Waals surface area contributed by atoms with Gasteiger partial charge in [-0.25, -0.2) is 0 Å². The van der Waals surface area contributed by atoms with E-state index in [0.717, 1.165) is 24.8 Å². The molecule has 0 heterocycles. The topological polar surface area (TPSA) is 69.9 Å². The Balaban J connectivity index is 1.18. The Kier molecular flexibility index (Phi) is 15.7. The van der Waals surface area contributed by atoms with Gasteiger partial charge in [0.15, 0.2) is 0 Å². The molecule has 0 aromatic heterocycles. The quantitative estimate of drug-likeness (QED) is 0.0560. The highest BCUT2D eigenvalue weighted by molar-refractivity contribution is 5.50. The lowest BCUT2D eigenvalue weighted by atomic mass is 9.66. The molecule has 4 nitrogen and oxygen atoms in total. The van der Waals surface area contributed by atoms with Crippen LogP contribution in [0.1, 0.15) is 105 Å². The number of rotatable bonds is 23. The summed E-state index contributed by atoms with van der Waals surface area (Å²) in [5, 5.41) is 29.1.